The van der Waals surface area contributed by atoms with Crippen LogP contribution in [-0.4, -0.2) is 31.2 Å². The maximum Gasteiger partial charge on any atom is 0.238 e. The average molecular weight is 360 g/mol. The molecule has 7 heteroatoms. The van der Waals surface area contributed by atoms with Crippen LogP contribution < -0.4 is 10.0 Å². The van der Waals surface area contributed by atoms with Crippen LogP contribution in [0.4, 0.5) is 5.82 Å². The third-order valence-corrected chi connectivity index (χ3v) is 5.89. The van der Waals surface area contributed by atoms with Gasteiger partial charge in [-0.2, -0.15) is 0 Å². The van der Waals surface area contributed by atoms with E-state index in [9.17, 15) is 8.42 Å². The summed E-state index contributed by atoms with van der Waals surface area (Å²) in [6, 6.07) is 9.51. The molecule has 25 heavy (non-hydrogen) atoms. The highest BCUT2D eigenvalue weighted by molar-refractivity contribution is 7.89. The number of aryl methyl sites for hydroxylation is 1. The zero-order chi connectivity index (χ0) is 18.0. The third-order valence-electron chi connectivity index (χ3n) is 4.83. The number of anilines is 1. The lowest BCUT2D eigenvalue weighted by Crippen LogP contribution is -2.39. The van der Waals surface area contributed by atoms with Crippen molar-refractivity contribution >= 4 is 15.8 Å². The number of piperidine rings is 1. The molecule has 1 unspecified atom stereocenters. The van der Waals surface area contributed by atoms with Crippen LogP contribution in [0.15, 0.2) is 35.2 Å². The lowest BCUT2D eigenvalue weighted by Gasteiger charge is -2.35. The van der Waals surface area contributed by atoms with Gasteiger partial charge in [0.15, 0.2) is 5.82 Å². The van der Waals surface area contributed by atoms with E-state index < -0.39 is 10.0 Å². The van der Waals surface area contributed by atoms with Crippen molar-refractivity contribution in [3.63, 3.8) is 0 Å². The van der Waals surface area contributed by atoms with Crippen molar-refractivity contribution in [1.29, 1.82) is 0 Å². The van der Waals surface area contributed by atoms with E-state index in [1.807, 2.05) is 18.2 Å². The molecule has 1 saturated heterocycles. The number of nitrogens with zero attached hydrogens (tertiary/aromatic N) is 3. The molecule has 0 aliphatic carbocycles. The Labute approximate surface area is 149 Å². The Hall–Kier alpha value is -1.99. The molecule has 6 nitrogen and oxygen atoms in total. The number of nitrogens with two attached hydrogens (primary N) is 1. The van der Waals surface area contributed by atoms with Gasteiger partial charge >= 0.3 is 0 Å². The predicted molar refractivity (Wildman–Crippen MR) is 98.9 cm³/mol. The van der Waals surface area contributed by atoms with E-state index in [-0.39, 0.29) is 4.90 Å². The number of sulfonamides is 1. The summed E-state index contributed by atoms with van der Waals surface area (Å²) in [5.41, 5.74) is 1.95. The third kappa shape index (κ3) is 3.82. The summed E-state index contributed by atoms with van der Waals surface area (Å²) in [6.45, 7) is 4.93. The van der Waals surface area contributed by atoms with E-state index in [0.717, 1.165) is 18.8 Å². The van der Waals surface area contributed by atoms with Gasteiger partial charge in [0.05, 0.1) is 10.6 Å². The monoisotopic (exact) mass is 360 g/mol. The van der Waals surface area contributed by atoms with Gasteiger partial charge in [0.1, 0.15) is 0 Å². The molecular weight excluding hydrogens is 336 g/mol. The highest BCUT2D eigenvalue weighted by Gasteiger charge is 2.22. The number of rotatable bonds is 4. The minimum atomic E-state index is -3.76. The summed E-state index contributed by atoms with van der Waals surface area (Å²) in [7, 11) is -3.76. The standard InChI is InChI=1S/C18H24N4O2S/c1-3-15-6-4-5-11-22(15)18-10-9-16(20-21-18)14-8-7-13(2)17(12-14)25(19,23)24/h7-10,12,15H,3-6,11H2,1-2H3,(H2,19,23,24). The Balaban J connectivity index is 1.90. The topological polar surface area (TPSA) is 89.2 Å². The fourth-order valence-electron chi connectivity index (χ4n) is 3.42. The normalized spacial score (nSPS) is 18.4. The molecule has 0 radical (unpaired) electrons. The van der Waals surface area contributed by atoms with Crippen LogP contribution >= 0.6 is 0 Å². The molecular formula is C18H24N4O2S. The molecule has 2 heterocycles. The first-order valence-electron chi connectivity index (χ1n) is 8.64. The van der Waals surface area contributed by atoms with Gasteiger partial charge in [-0.1, -0.05) is 19.1 Å². The van der Waals surface area contributed by atoms with Gasteiger partial charge in [-0.15, -0.1) is 10.2 Å². The van der Waals surface area contributed by atoms with Crippen LogP contribution in [0, 0.1) is 6.92 Å². The molecule has 2 N–H and O–H groups in total. The first kappa shape index (κ1) is 17.8. The van der Waals surface area contributed by atoms with Crippen LogP contribution in [0.2, 0.25) is 0 Å². The summed E-state index contributed by atoms with van der Waals surface area (Å²) >= 11 is 0. The Morgan fingerprint density at radius 2 is 2.00 bits per heavy atom. The van der Waals surface area contributed by atoms with Crippen LogP contribution in [0.3, 0.4) is 0 Å². The molecule has 1 aromatic carbocycles. The molecule has 1 fully saturated rings. The predicted octanol–water partition coefficient (Wildman–Crippen LogP) is 2.87. The first-order chi connectivity index (χ1) is 11.9. The largest absolute Gasteiger partial charge is 0.352 e. The quantitative estimate of drug-likeness (QED) is 0.905. The first-order valence-corrected chi connectivity index (χ1v) is 10.2. The SMILES string of the molecule is CCC1CCCCN1c1ccc(-c2ccc(C)c(S(N)(=O)=O)c2)nn1. The van der Waals surface area contributed by atoms with Gasteiger partial charge in [-0.3, -0.25) is 0 Å². The Morgan fingerprint density at radius 3 is 2.64 bits per heavy atom. The molecule has 1 aliphatic rings. The van der Waals surface area contributed by atoms with Crippen LogP contribution in [0.1, 0.15) is 38.2 Å². The number of benzene rings is 1. The highest BCUT2D eigenvalue weighted by Crippen LogP contribution is 2.27. The average Bonchev–Trinajstić information content (AvgIpc) is 2.61. The Bertz CT molecular complexity index is 850. The zero-order valence-corrected chi connectivity index (χ0v) is 15.5. The lowest BCUT2D eigenvalue weighted by atomic mass is 10.00. The van der Waals surface area contributed by atoms with Crippen LogP contribution in [0.25, 0.3) is 11.3 Å². The maximum absolute atomic E-state index is 11.7. The second kappa shape index (κ2) is 7.09. The van der Waals surface area contributed by atoms with Crippen molar-refractivity contribution < 1.29 is 8.42 Å². The lowest BCUT2D eigenvalue weighted by molar-refractivity contribution is 0.445. The number of primary sulfonamides is 1. The molecule has 0 spiro atoms. The Kier molecular flexibility index (Phi) is 5.06. The van der Waals surface area contributed by atoms with Gasteiger partial charge in [0.25, 0.3) is 0 Å². The molecule has 1 aromatic heterocycles. The van der Waals surface area contributed by atoms with Gasteiger partial charge in [0.2, 0.25) is 10.0 Å². The second-order valence-electron chi connectivity index (χ2n) is 6.55. The van der Waals surface area contributed by atoms with Crippen LogP contribution in [0.5, 0.6) is 0 Å². The van der Waals surface area contributed by atoms with E-state index in [2.05, 4.69) is 22.0 Å². The summed E-state index contributed by atoms with van der Waals surface area (Å²) in [4.78, 5) is 2.45. The van der Waals surface area contributed by atoms with E-state index in [4.69, 9.17) is 5.14 Å². The molecule has 1 aliphatic heterocycles. The molecule has 3 rings (SSSR count). The summed E-state index contributed by atoms with van der Waals surface area (Å²) in [5.74, 6) is 0.883. The van der Waals surface area contributed by atoms with Crippen molar-refractivity contribution in [2.75, 3.05) is 11.4 Å². The molecule has 134 valence electrons. The molecule has 0 saturated carbocycles. The minimum absolute atomic E-state index is 0.123. The van der Waals surface area contributed by atoms with E-state index in [0.29, 0.717) is 22.9 Å². The fraction of sp³-hybridized carbons (Fsp3) is 0.444. The van der Waals surface area contributed by atoms with Crippen molar-refractivity contribution in [2.45, 2.75) is 50.5 Å². The van der Waals surface area contributed by atoms with Crippen molar-refractivity contribution in [1.82, 2.24) is 10.2 Å². The highest BCUT2D eigenvalue weighted by atomic mass is 32.2. The van der Waals surface area contributed by atoms with E-state index in [1.165, 1.54) is 19.3 Å². The van der Waals surface area contributed by atoms with Gasteiger partial charge in [-0.25, -0.2) is 13.6 Å². The van der Waals surface area contributed by atoms with Crippen molar-refractivity contribution in [3.8, 4) is 11.3 Å². The smallest absolute Gasteiger partial charge is 0.238 e. The van der Waals surface area contributed by atoms with Crippen molar-refractivity contribution in [2.24, 2.45) is 5.14 Å². The van der Waals surface area contributed by atoms with Crippen LogP contribution in [-0.2, 0) is 10.0 Å². The summed E-state index contributed by atoms with van der Waals surface area (Å²) < 4.78 is 23.4. The van der Waals surface area contributed by atoms with Gasteiger partial charge < -0.3 is 4.90 Å². The molecule has 1 atom stereocenters. The number of hydrogen-bond donors (Lipinski definition) is 1. The summed E-state index contributed by atoms with van der Waals surface area (Å²) in [5, 5.41) is 14.0. The molecule has 0 amide bonds. The minimum Gasteiger partial charge on any atom is -0.352 e. The fourth-order valence-corrected chi connectivity index (χ4v) is 4.23. The van der Waals surface area contributed by atoms with E-state index in [1.54, 1.807) is 19.1 Å². The maximum atomic E-state index is 11.7. The molecule has 0 bridgehead atoms. The van der Waals surface area contributed by atoms with Crippen molar-refractivity contribution in [3.05, 3.63) is 35.9 Å². The Morgan fingerprint density at radius 1 is 1.20 bits per heavy atom. The zero-order valence-electron chi connectivity index (χ0n) is 14.6. The van der Waals surface area contributed by atoms with E-state index >= 15 is 0 Å². The molecule has 2 aromatic rings. The summed E-state index contributed by atoms with van der Waals surface area (Å²) in [6.07, 6.45) is 4.73. The van der Waals surface area contributed by atoms with Gasteiger partial charge in [0, 0.05) is 18.2 Å². The second-order valence-corrected chi connectivity index (χ2v) is 8.08. The number of aromatic nitrogens is 2. The van der Waals surface area contributed by atoms with Gasteiger partial charge in [-0.05, 0) is 56.4 Å². The number of hydrogen-bond acceptors (Lipinski definition) is 5.